The molecule has 2 N–H and O–H groups in total. The second-order valence-corrected chi connectivity index (χ2v) is 7.35. The number of esters is 1. The lowest BCUT2D eigenvalue weighted by atomic mass is 9.86. The molecule has 0 atom stereocenters. The molecule has 2 aromatic rings. The van der Waals surface area contributed by atoms with Gasteiger partial charge in [0.05, 0.1) is 25.3 Å². The van der Waals surface area contributed by atoms with Crippen molar-refractivity contribution in [3.63, 3.8) is 0 Å². The Hall–Kier alpha value is -2.03. The molecule has 0 amide bonds. The van der Waals surface area contributed by atoms with Gasteiger partial charge in [-0.3, -0.25) is 4.79 Å². The Morgan fingerprint density at radius 1 is 1.13 bits per heavy atom. The molecule has 6 nitrogen and oxygen atoms in total. The van der Waals surface area contributed by atoms with E-state index < -0.39 is 0 Å². The fraction of sp³-hybridized carbons (Fsp3) is 0.478. The maximum absolute atomic E-state index is 12.0. The van der Waals surface area contributed by atoms with Crippen LogP contribution in [0.3, 0.4) is 0 Å². The van der Waals surface area contributed by atoms with Crippen molar-refractivity contribution in [3.05, 3.63) is 60.1 Å². The quantitative estimate of drug-likeness (QED) is 0.233. The van der Waals surface area contributed by atoms with Gasteiger partial charge < -0.3 is 19.8 Å². The minimum atomic E-state index is -0.0551. The van der Waals surface area contributed by atoms with Crippen molar-refractivity contribution >= 4 is 35.9 Å². The summed E-state index contributed by atoms with van der Waals surface area (Å²) < 4.78 is 10.6. The molecule has 0 spiro atoms. The Morgan fingerprint density at radius 3 is 2.57 bits per heavy atom. The van der Waals surface area contributed by atoms with E-state index in [0.717, 1.165) is 50.4 Å². The maximum atomic E-state index is 12.0. The van der Waals surface area contributed by atoms with E-state index in [0.29, 0.717) is 19.2 Å². The summed E-state index contributed by atoms with van der Waals surface area (Å²) in [5, 5.41) is 6.97. The summed E-state index contributed by atoms with van der Waals surface area (Å²) >= 11 is 0. The Morgan fingerprint density at radius 2 is 1.90 bits per heavy atom. The lowest BCUT2D eigenvalue weighted by Crippen LogP contribution is -2.46. The number of guanidine groups is 1. The maximum Gasteiger partial charge on any atom is 0.308 e. The van der Waals surface area contributed by atoms with Gasteiger partial charge in [0.2, 0.25) is 0 Å². The van der Waals surface area contributed by atoms with Gasteiger partial charge >= 0.3 is 5.97 Å². The van der Waals surface area contributed by atoms with E-state index in [9.17, 15) is 4.79 Å². The van der Waals surface area contributed by atoms with Crippen LogP contribution in [0.1, 0.15) is 43.9 Å². The molecule has 1 heterocycles. The van der Waals surface area contributed by atoms with Crippen LogP contribution >= 0.6 is 24.0 Å². The Balaban J connectivity index is 0.00000320. The highest BCUT2D eigenvalue weighted by molar-refractivity contribution is 14.0. The van der Waals surface area contributed by atoms with E-state index in [4.69, 9.17) is 14.1 Å². The summed E-state index contributed by atoms with van der Waals surface area (Å²) in [5.74, 6) is 1.74. The summed E-state index contributed by atoms with van der Waals surface area (Å²) in [6, 6.07) is 14.4. The number of hydrogen-bond acceptors (Lipinski definition) is 4. The highest BCUT2D eigenvalue weighted by atomic mass is 127. The molecular weight excluding hydrogens is 493 g/mol. The van der Waals surface area contributed by atoms with Gasteiger partial charge in [-0.2, -0.15) is 0 Å². The second-order valence-electron chi connectivity index (χ2n) is 7.35. The zero-order valence-electron chi connectivity index (χ0n) is 17.5. The van der Waals surface area contributed by atoms with E-state index in [2.05, 4.69) is 22.8 Å². The first-order valence-corrected chi connectivity index (χ1v) is 10.5. The van der Waals surface area contributed by atoms with Crippen molar-refractivity contribution in [2.45, 2.75) is 51.6 Å². The molecule has 7 heteroatoms. The van der Waals surface area contributed by atoms with Gasteiger partial charge in [0.15, 0.2) is 5.96 Å². The first-order valence-electron chi connectivity index (χ1n) is 10.5. The standard InChI is InChI=1S/C23H31N3O3.HI/c1-2-28-22(27)19-10-12-20(13-11-19)26-23(24-15-14-21-9-6-16-29-21)25-17-18-7-4-3-5-8-18;/h3-9,16,19-20H,2,10-15,17H2,1H3,(H2,24,25,26);1H. The number of furan rings is 1. The fourth-order valence-electron chi connectivity index (χ4n) is 3.59. The Bertz CT molecular complexity index is 757. The first kappa shape index (κ1) is 24.2. The van der Waals surface area contributed by atoms with E-state index in [1.54, 1.807) is 6.26 Å². The molecule has 0 bridgehead atoms. The molecule has 0 unspecified atom stereocenters. The molecule has 0 saturated heterocycles. The minimum absolute atomic E-state index is 0. The van der Waals surface area contributed by atoms with Gasteiger partial charge in [0.25, 0.3) is 0 Å². The van der Waals surface area contributed by atoms with Crippen LogP contribution < -0.4 is 10.6 Å². The van der Waals surface area contributed by atoms with Crippen LogP contribution in [-0.2, 0) is 22.5 Å². The van der Waals surface area contributed by atoms with E-state index >= 15 is 0 Å². The van der Waals surface area contributed by atoms with Crippen LogP contribution in [0.4, 0.5) is 0 Å². The smallest absolute Gasteiger partial charge is 0.308 e. The lowest BCUT2D eigenvalue weighted by molar-refractivity contribution is -0.149. The molecule has 164 valence electrons. The third kappa shape index (κ3) is 8.01. The van der Waals surface area contributed by atoms with Gasteiger partial charge in [0.1, 0.15) is 5.76 Å². The molecular formula is C23H32IN3O3. The Labute approximate surface area is 195 Å². The zero-order valence-corrected chi connectivity index (χ0v) is 19.8. The van der Waals surface area contributed by atoms with Gasteiger partial charge in [-0.1, -0.05) is 30.3 Å². The predicted octanol–water partition coefficient (Wildman–Crippen LogP) is 4.30. The molecule has 0 radical (unpaired) electrons. The molecule has 1 aromatic carbocycles. The van der Waals surface area contributed by atoms with E-state index in [-0.39, 0.29) is 35.9 Å². The van der Waals surface area contributed by atoms with Crippen LogP contribution in [0.15, 0.2) is 58.1 Å². The molecule has 30 heavy (non-hydrogen) atoms. The average molecular weight is 525 g/mol. The lowest BCUT2D eigenvalue weighted by Gasteiger charge is -2.29. The number of carbonyl (C=O) groups excluding carboxylic acids is 1. The van der Waals surface area contributed by atoms with Crippen LogP contribution in [0.5, 0.6) is 0 Å². The van der Waals surface area contributed by atoms with Crippen LogP contribution in [0, 0.1) is 5.92 Å². The monoisotopic (exact) mass is 525 g/mol. The van der Waals surface area contributed by atoms with Crippen molar-refractivity contribution in [3.8, 4) is 0 Å². The van der Waals surface area contributed by atoms with Crippen LogP contribution in [0.25, 0.3) is 0 Å². The van der Waals surface area contributed by atoms with E-state index in [1.807, 2.05) is 37.3 Å². The molecule has 0 aliphatic heterocycles. The largest absolute Gasteiger partial charge is 0.469 e. The summed E-state index contributed by atoms with van der Waals surface area (Å²) in [5.41, 5.74) is 1.17. The topological polar surface area (TPSA) is 75.9 Å². The number of nitrogens with zero attached hydrogens (tertiary/aromatic N) is 1. The van der Waals surface area contributed by atoms with Crippen LogP contribution in [-0.4, -0.2) is 31.1 Å². The second kappa shape index (κ2) is 13.3. The van der Waals surface area contributed by atoms with Gasteiger partial charge in [-0.15, -0.1) is 24.0 Å². The number of benzene rings is 1. The number of rotatable bonds is 8. The molecule has 1 aromatic heterocycles. The van der Waals surface area contributed by atoms with Crippen molar-refractivity contribution in [1.82, 2.24) is 10.6 Å². The number of halogens is 1. The highest BCUT2D eigenvalue weighted by Gasteiger charge is 2.27. The van der Waals surface area contributed by atoms with Gasteiger partial charge in [-0.05, 0) is 50.3 Å². The number of aliphatic imine (C=N–C) groups is 1. The Kier molecular flexibility index (Phi) is 10.8. The van der Waals surface area contributed by atoms with Gasteiger partial charge in [0, 0.05) is 19.0 Å². The number of carbonyl (C=O) groups is 1. The zero-order chi connectivity index (χ0) is 20.3. The summed E-state index contributed by atoms with van der Waals surface area (Å²) in [4.78, 5) is 16.7. The van der Waals surface area contributed by atoms with Gasteiger partial charge in [-0.25, -0.2) is 4.99 Å². The third-order valence-electron chi connectivity index (χ3n) is 5.19. The average Bonchev–Trinajstić information content (AvgIpc) is 3.27. The normalized spacial score (nSPS) is 18.9. The minimum Gasteiger partial charge on any atom is -0.469 e. The molecule has 1 aliphatic rings. The molecule has 1 aliphatic carbocycles. The molecule has 3 rings (SSSR count). The summed E-state index contributed by atoms with van der Waals surface area (Å²) in [6.07, 6.45) is 6.08. The SMILES string of the molecule is CCOC(=O)C1CCC(NC(=NCc2ccccc2)NCCc2ccco2)CC1.I. The summed E-state index contributed by atoms with van der Waals surface area (Å²) in [7, 11) is 0. The highest BCUT2D eigenvalue weighted by Crippen LogP contribution is 2.25. The fourth-order valence-corrected chi connectivity index (χ4v) is 3.59. The predicted molar refractivity (Wildman–Crippen MR) is 129 cm³/mol. The first-order chi connectivity index (χ1) is 14.2. The molecule has 1 fully saturated rings. The van der Waals surface area contributed by atoms with E-state index in [1.165, 1.54) is 5.56 Å². The van der Waals surface area contributed by atoms with Crippen molar-refractivity contribution in [2.24, 2.45) is 10.9 Å². The van der Waals surface area contributed by atoms with Crippen molar-refractivity contribution in [1.29, 1.82) is 0 Å². The number of ether oxygens (including phenoxy) is 1. The van der Waals surface area contributed by atoms with Crippen molar-refractivity contribution < 1.29 is 13.9 Å². The van der Waals surface area contributed by atoms with Crippen LogP contribution in [0.2, 0.25) is 0 Å². The third-order valence-corrected chi connectivity index (χ3v) is 5.19. The number of hydrogen-bond donors (Lipinski definition) is 2. The van der Waals surface area contributed by atoms with Crippen molar-refractivity contribution in [2.75, 3.05) is 13.2 Å². The summed E-state index contributed by atoms with van der Waals surface area (Å²) in [6.45, 7) is 3.67. The number of nitrogens with one attached hydrogen (secondary N) is 2. The molecule has 1 saturated carbocycles.